The molecule has 7 nitrogen and oxygen atoms in total. The zero-order valence-corrected chi connectivity index (χ0v) is 18.1. The Kier molecular flexibility index (Phi) is 8.10. The molecule has 0 atom stereocenters. The number of ether oxygens (including phenoxy) is 2. The van der Waals surface area contributed by atoms with Gasteiger partial charge in [0.15, 0.2) is 0 Å². The molecule has 2 aromatic carbocycles. The molecule has 1 N–H and O–H groups in total. The Hall–Kier alpha value is -3.52. The Labute approximate surface area is 185 Å². The first-order valence-electron chi connectivity index (χ1n) is 10.4. The third-order valence-corrected chi connectivity index (χ3v) is 4.48. The zero-order chi connectivity index (χ0) is 22.9. The molecular formula is C24H26FN3O4. The van der Waals surface area contributed by atoms with E-state index in [1.807, 2.05) is 13.8 Å². The number of halogens is 1. The van der Waals surface area contributed by atoms with Crippen molar-refractivity contribution < 1.29 is 18.7 Å². The molecule has 1 heterocycles. The standard InChI is InChI=1S/C24H26FN3O4/c1-17(2)31-14-4-13-26-24(30)19-7-9-21(10-8-19)28-23(29)12-11-22(27-28)32-16-18-5-3-6-20(25)15-18/h3,5-12,15,17H,4,13-14,16H2,1-2H3,(H,26,30). The summed E-state index contributed by atoms with van der Waals surface area (Å²) >= 11 is 0. The second-order valence-corrected chi connectivity index (χ2v) is 7.42. The lowest BCUT2D eigenvalue weighted by atomic mass is 10.2. The summed E-state index contributed by atoms with van der Waals surface area (Å²) in [4.78, 5) is 24.5. The molecule has 3 aromatic rings. The van der Waals surface area contributed by atoms with Gasteiger partial charge in [-0.25, -0.2) is 4.39 Å². The summed E-state index contributed by atoms with van der Waals surface area (Å²) in [6.45, 7) is 5.14. The van der Waals surface area contributed by atoms with Gasteiger partial charge in [0.2, 0.25) is 5.88 Å². The predicted molar refractivity (Wildman–Crippen MR) is 119 cm³/mol. The normalized spacial score (nSPS) is 10.9. The zero-order valence-electron chi connectivity index (χ0n) is 18.1. The molecule has 0 radical (unpaired) electrons. The van der Waals surface area contributed by atoms with Gasteiger partial charge in [0.25, 0.3) is 11.5 Å². The summed E-state index contributed by atoms with van der Waals surface area (Å²) in [5, 5.41) is 7.05. The Balaban J connectivity index is 1.61. The number of carbonyl (C=O) groups is 1. The molecule has 0 spiro atoms. The van der Waals surface area contributed by atoms with Gasteiger partial charge in [-0.3, -0.25) is 9.59 Å². The van der Waals surface area contributed by atoms with Crippen LogP contribution in [0.4, 0.5) is 4.39 Å². The maximum Gasteiger partial charge on any atom is 0.271 e. The van der Waals surface area contributed by atoms with Gasteiger partial charge in [0, 0.05) is 30.8 Å². The topological polar surface area (TPSA) is 82.4 Å². The number of rotatable bonds is 10. The van der Waals surface area contributed by atoms with Crippen LogP contribution in [0.5, 0.6) is 5.88 Å². The lowest BCUT2D eigenvalue weighted by Crippen LogP contribution is -2.25. The first-order chi connectivity index (χ1) is 15.4. The highest BCUT2D eigenvalue weighted by Crippen LogP contribution is 2.12. The molecule has 0 aliphatic heterocycles. The minimum Gasteiger partial charge on any atom is -0.472 e. The van der Waals surface area contributed by atoms with Gasteiger partial charge >= 0.3 is 0 Å². The van der Waals surface area contributed by atoms with Crippen LogP contribution in [0, 0.1) is 5.82 Å². The Morgan fingerprint density at radius 3 is 2.62 bits per heavy atom. The van der Waals surface area contributed by atoms with E-state index in [0.717, 1.165) is 6.42 Å². The molecule has 0 aliphatic carbocycles. The van der Waals surface area contributed by atoms with Crippen molar-refractivity contribution in [1.82, 2.24) is 15.1 Å². The number of benzene rings is 2. The average Bonchev–Trinajstić information content (AvgIpc) is 2.78. The average molecular weight is 439 g/mol. The summed E-state index contributed by atoms with van der Waals surface area (Å²) < 4.78 is 25.5. The molecule has 3 rings (SSSR count). The van der Waals surface area contributed by atoms with Gasteiger partial charge in [0.1, 0.15) is 12.4 Å². The number of nitrogens with one attached hydrogen (secondary N) is 1. The van der Waals surface area contributed by atoms with E-state index in [2.05, 4.69) is 10.4 Å². The summed E-state index contributed by atoms with van der Waals surface area (Å²) in [7, 11) is 0. The van der Waals surface area contributed by atoms with E-state index in [-0.39, 0.29) is 35.9 Å². The van der Waals surface area contributed by atoms with Crippen molar-refractivity contribution >= 4 is 5.91 Å². The van der Waals surface area contributed by atoms with Crippen molar-refractivity contribution in [3.8, 4) is 11.6 Å². The maximum atomic E-state index is 13.3. The van der Waals surface area contributed by atoms with Crippen LogP contribution in [-0.4, -0.2) is 34.9 Å². The monoisotopic (exact) mass is 439 g/mol. The quantitative estimate of drug-likeness (QED) is 0.489. The molecule has 1 amide bonds. The van der Waals surface area contributed by atoms with Crippen molar-refractivity contribution in [2.24, 2.45) is 0 Å². The van der Waals surface area contributed by atoms with E-state index in [0.29, 0.717) is 30.0 Å². The fourth-order valence-corrected chi connectivity index (χ4v) is 2.89. The van der Waals surface area contributed by atoms with Crippen LogP contribution in [-0.2, 0) is 11.3 Å². The molecule has 1 aromatic heterocycles. The van der Waals surface area contributed by atoms with Crippen LogP contribution in [0.2, 0.25) is 0 Å². The summed E-state index contributed by atoms with van der Waals surface area (Å²) in [6.07, 6.45) is 0.893. The van der Waals surface area contributed by atoms with Crippen molar-refractivity contribution in [3.05, 3.63) is 88.0 Å². The first kappa shape index (κ1) is 23.1. The molecule has 0 fully saturated rings. The van der Waals surface area contributed by atoms with Gasteiger partial charge in [-0.15, -0.1) is 5.10 Å². The molecule has 168 valence electrons. The number of aromatic nitrogens is 2. The van der Waals surface area contributed by atoms with Crippen LogP contribution in [0.1, 0.15) is 36.2 Å². The van der Waals surface area contributed by atoms with Crippen molar-refractivity contribution in [1.29, 1.82) is 0 Å². The Morgan fingerprint density at radius 1 is 1.12 bits per heavy atom. The molecule has 32 heavy (non-hydrogen) atoms. The van der Waals surface area contributed by atoms with Crippen molar-refractivity contribution in [2.75, 3.05) is 13.2 Å². The second-order valence-electron chi connectivity index (χ2n) is 7.42. The number of hydrogen-bond acceptors (Lipinski definition) is 5. The van der Waals surface area contributed by atoms with E-state index >= 15 is 0 Å². The number of carbonyl (C=O) groups excluding carboxylic acids is 1. The number of amides is 1. The van der Waals surface area contributed by atoms with E-state index < -0.39 is 0 Å². The van der Waals surface area contributed by atoms with Gasteiger partial charge in [-0.05, 0) is 62.2 Å². The Morgan fingerprint density at radius 2 is 1.91 bits per heavy atom. The minimum atomic E-state index is -0.350. The highest BCUT2D eigenvalue weighted by molar-refractivity contribution is 5.94. The van der Waals surface area contributed by atoms with Crippen LogP contribution in [0.3, 0.4) is 0 Å². The maximum absolute atomic E-state index is 13.3. The van der Waals surface area contributed by atoms with Gasteiger partial charge in [-0.1, -0.05) is 12.1 Å². The summed E-state index contributed by atoms with van der Waals surface area (Å²) in [5.41, 5.74) is 1.28. The van der Waals surface area contributed by atoms with Crippen LogP contribution in [0.15, 0.2) is 65.5 Å². The molecule has 0 bridgehead atoms. The summed E-state index contributed by atoms with van der Waals surface area (Å²) in [5.74, 6) is -0.329. The smallest absolute Gasteiger partial charge is 0.271 e. The number of hydrogen-bond donors (Lipinski definition) is 1. The van der Waals surface area contributed by atoms with Crippen LogP contribution >= 0.6 is 0 Å². The Bertz CT molecular complexity index is 1100. The SMILES string of the molecule is CC(C)OCCCNC(=O)c1ccc(-n2nc(OCc3cccc(F)c3)ccc2=O)cc1. The van der Waals surface area contributed by atoms with Crippen molar-refractivity contribution in [3.63, 3.8) is 0 Å². The van der Waals surface area contributed by atoms with Crippen LogP contribution < -0.4 is 15.6 Å². The highest BCUT2D eigenvalue weighted by Gasteiger charge is 2.08. The summed E-state index contributed by atoms with van der Waals surface area (Å²) in [6, 6.07) is 15.4. The predicted octanol–water partition coefficient (Wildman–Crippen LogP) is 3.50. The van der Waals surface area contributed by atoms with E-state index in [1.54, 1.807) is 36.4 Å². The third-order valence-electron chi connectivity index (χ3n) is 4.48. The second kappa shape index (κ2) is 11.2. The molecule has 0 saturated heterocycles. The highest BCUT2D eigenvalue weighted by atomic mass is 19.1. The lowest BCUT2D eigenvalue weighted by Gasteiger charge is -2.10. The minimum absolute atomic E-state index is 0.115. The van der Waals surface area contributed by atoms with E-state index in [9.17, 15) is 14.0 Å². The van der Waals surface area contributed by atoms with E-state index in [4.69, 9.17) is 9.47 Å². The first-order valence-corrected chi connectivity index (χ1v) is 10.4. The molecular weight excluding hydrogens is 413 g/mol. The fourth-order valence-electron chi connectivity index (χ4n) is 2.89. The molecule has 8 heteroatoms. The van der Waals surface area contributed by atoms with Gasteiger partial charge < -0.3 is 14.8 Å². The fraction of sp³-hybridized carbons (Fsp3) is 0.292. The van der Waals surface area contributed by atoms with Gasteiger partial charge in [-0.2, -0.15) is 4.68 Å². The van der Waals surface area contributed by atoms with Crippen molar-refractivity contribution in [2.45, 2.75) is 33.0 Å². The largest absolute Gasteiger partial charge is 0.472 e. The molecule has 0 unspecified atom stereocenters. The molecule has 0 saturated carbocycles. The van der Waals surface area contributed by atoms with Gasteiger partial charge in [0.05, 0.1) is 11.8 Å². The lowest BCUT2D eigenvalue weighted by molar-refractivity contribution is 0.0757. The number of nitrogens with zero attached hydrogens (tertiary/aromatic N) is 2. The molecule has 0 aliphatic rings. The third kappa shape index (κ3) is 6.75. The van der Waals surface area contributed by atoms with E-state index in [1.165, 1.54) is 28.9 Å². The van der Waals surface area contributed by atoms with Crippen LogP contribution in [0.25, 0.3) is 5.69 Å².